The van der Waals surface area contributed by atoms with Crippen LogP contribution in [0.25, 0.3) is 0 Å². The van der Waals surface area contributed by atoms with Crippen LogP contribution in [0.15, 0.2) is 0 Å². The smallest absolute Gasteiger partial charge is 0.0583 e. The second-order valence-corrected chi connectivity index (χ2v) is 3.66. The molecule has 0 spiro atoms. The van der Waals surface area contributed by atoms with Gasteiger partial charge in [-0.25, -0.2) is 0 Å². The Kier molecular flexibility index (Phi) is 1.66. The largest absolute Gasteiger partial charge is 0.393 e. The van der Waals surface area contributed by atoms with Gasteiger partial charge in [0.05, 0.1) is 6.10 Å². The average Bonchev–Trinajstić information content (AvgIpc) is 2.20. The molecule has 3 fully saturated rings. The summed E-state index contributed by atoms with van der Waals surface area (Å²) in [7, 11) is 0. The summed E-state index contributed by atoms with van der Waals surface area (Å²) in [5.41, 5.74) is 0. The molecule has 2 saturated heterocycles. The summed E-state index contributed by atoms with van der Waals surface area (Å²) in [6.45, 7) is 2.17. The summed E-state index contributed by atoms with van der Waals surface area (Å²) in [5, 5.41) is 12.9. The first-order chi connectivity index (χ1) is 4.86. The van der Waals surface area contributed by atoms with E-state index < -0.39 is 0 Å². The van der Waals surface area contributed by atoms with Crippen molar-refractivity contribution < 1.29 is 5.11 Å². The van der Waals surface area contributed by atoms with Crippen LogP contribution in [-0.2, 0) is 0 Å². The number of fused-ring (bicyclic) bond motifs is 4. The topological polar surface area (TPSA) is 32.3 Å². The molecule has 2 heteroatoms. The van der Waals surface area contributed by atoms with E-state index >= 15 is 0 Å². The Morgan fingerprint density at radius 3 is 2.90 bits per heavy atom. The molecule has 2 bridgehead atoms. The normalized spacial score (nSPS) is 47.1. The monoisotopic (exact) mass is 141 g/mol. The Bertz CT molecular complexity index is 122. The van der Waals surface area contributed by atoms with E-state index in [2.05, 4.69) is 5.32 Å². The Labute approximate surface area is 61.6 Å². The van der Waals surface area contributed by atoms with Crippen molar-refractivity contribution in [1.29, 1.82) is 0 Å². The third-order valence-corrected chi connectivity index (χ3v) is 2.90. The molecule has 1 saturated carbocycles. The van der Waals surface area contributed by atoms with Crippen molar-refractivity contribution in [2.45, 2.75) is 25.4 Å². The van der Waals surface area contributed by atoms with Gasteiger partial charge in [0, 0.05) is 6.54 Å². The van der Waals surface area contributed by atoms with Gasteiger partial charge in [-0.15, -0.1) is 0 Å². The first-order valence-electron chi connectivity index (χ1n) is 4.25. The van der Waals surface area contributed by atoms with Gasteiger partial charge in [0.2, 0.25) is 0 Å². The van der Waals surface area contributed by atoms with Crippen LogP contribution in [0.5, 0.6) is 0 Å². The summed E-state index contributed by atoms with van der Waals surface area (Å²) in [6.07, 6.45) is 3.60. The summed E-state index contributed by atoms with van der Waals surface area (Å²) < 4.78 is 0. The van der Waals surface area contributed by atoms with Crippen LogP contribution in [-0.4, -0.2) is 24.3 Å². The molecular weight excluding hydrogens is 126 g/mol. The zero-order valence-electron chi connectivity index (χ0n) is 6.21. The standard InChI is InChI=1S/C8H15NO/c10-8-3-6-1-2-7(8)5-9-4-6/h6-10H,1-5H2/t6-,7-,8?/m0/s1. The molecule has 2 aliphatic heterocycles. The Morgan fingerprint density at radius 2 is 2.10 bits per heavy atom. The van der Waals surface area contributed by atoms with Gasteiger partial charge in [-0.1, -0.05) is 0 Å². The van der Waals surface area contributed by atoms with Gasteiger partial charge < -0.3 is 10.4 Å². The van der Waals surface area contributed by atoms with E-state index in [4.69, 9.17) is 0 Å². The predicted molar refractivity (Wildman–Crippen MR) is 39.7 cm³/mol. The number of rotatable bonds is 0. The molecular formula is C8H15NO. The molecule has 0 aromatic heterocycles. The fourth-order valence-corrected chi connectivity index (χ4v) is 2.19. The van der Waals surface area contributed by atoms with Crippen molar-refractivity contribution in [3.63, 3.8) is 0 Å². The molecule has 0 aromatic rings. The number of aliphatic hydroxyl groups excluding tert-OH is 1. The summed E-state index contributed by atoms with van der Waals surface area (Å²) in [4.78, 5) is 0. The van der Waals surface area contributed by atoms with Crippen LogP contribution >= 0.6 is 0 Å². The maximum atomic E-state index is 9.54. The lowest BCUT2D eigenvalue weighted by molar-refractivity contribution is 0.0634. The van der Waals surface area contributed by atoms with Crippen molar-refractivity contribution in [1.82, 2.24) is 5.32 Å². The van der Waals surface area contributed by atoms with E-state index in [0.717, 1.165) is 25.4 Å². The van der Waals surface area contributed by atoms with Gasteiger partial charge in [0.1, 0.15) is 0 Å². The Hall–Kier alpha value is -0.0800. The molecule has 10 heavy (non-hydrogen) atoms. The molecule has 3 atom stereocenters. The van der Waals surface area contributed by atoms with Gasteiger partial charge in [-0.2, -0.15) is 0 Å². The molecule has 58 valence electrons. The van der Waals surface area contributed by atoms with Gasteiger partial charge >= 0.3 is 0 Å². The molecule has 2 N–H and O–H groups in total. The lowest BCUT2D eigenvalue weighted by atomic mass is 9.82. The Balaban J connectivity index is 2.07. The predicted octanol–water partition coefficient (Wildman–Crippen LogP) is 0.367. The summed E-state index contributed by atoms with van der Waals surface area (Å²) in [5.74, 6) is 1.31. The molecule has 0 aromatic carbocycles. The highest BCUT2D eigenvalue weighted by Crippen LogP contribution is 2.30. The molecule has 1 aliphatic carbocycles. The quantitative estimate of drug-likeness (QED) is 0.510. The lowest BCUT2D eigenvalue weighted by Crippen LogP contribution is -2.29. The van der Waals surface area contributed by atoms with Gasteiger partial charge in [-0.05, 0) is 37.6 Å². The van der Waals surface area contributed by atoms with Crippen LogP contribution in [0, 0.1) is 11.8 Å². The third-order valence-electron chi connectivity index (χ3n) is 2.90. The van der Waals surface area contributed by atoms with Crippen LogP contribution in [0.1, 0.15) is 19.3 Å². The van der Waals surface area contributed by atoms with Crippen LogP contribution in [0.4, 0.5) is 0 Å². The van der Waals surface area contributed by atoms with Crippen molar-refractivity contribution in [3.05, 3.63) is 0 Å². The zero-order chi connectivity index (χ0) is 6.97. The van der Waals surface area contributed by atoms with Crippen molar-refractivity contribution in [3.8, 4) is 0 Å². The van der Waals surface area contributed by atoms with Gasteiger partial charge in [0.15, 0.2) is 0 Å². The maximum absolute atomic E-state index is 9.54. The minimum absolute atomic E-state index is 0.00579. The van der Waals surface area contributed by atoms with E-state index in [1.807, 2.05) is 0 Å². The maximum Gasteiger partial charge on any atom is 0.0583 e. The van der Waals surface area contributed by atoms with E-state index in [0.29, 0.717) is 5.92 Å². The van der Waals surface area contributed by atoms with E-state index in [9.17, 15) is 5.11 Å². The first kappa shape index (κ1) is 6.62. The molecule has 2 nitrogen and oxygen atoms in total. The Morgan fingerprint density at radius 1 is 1.20 bits per heavy atom. The fraction of sp³-hybridized carbons (Fsp3) is 1.00. The minimum atomic E-state index is -0.00579. The molecule has 3 aliphatic rings. The van der Waals surface area contributed by atoms with Crippen molar-refractivity contribution in [2.75, 3.05) is 13.1 Å². The zero-order valence-corrected chi connectivity index (χ0v) is 6.21. The fourth-order valence-electron chi connectivity index (χ4n) is 2.19. The number of nitrogens with one attached hydrogen (secondary N) is 1. The van der Waals surface area contributed by atoms with Gasteiger partial charge in [-0.3, -0.25) is 0 Å². The second-order valence-electron chi connectivity index (χ2n) is 3.66. The van der Waals surface area contributed by atoms with Crippen LogP contribution < -0.4 is 5.32 Å². The van der Waals surface area contributed by atoms with E-state index in [-0.39, 0.29) is 6.10 Å². The van der Waals surface area contributed by atoms with Gasteiger partial charge in [0.25, 0.3) is 0 Å². The third kappa shape index (κ3) is 1.06. The van der Waals surface area contributed by atoms with E-state index in [1.165, 1.54) is 12.8 Å². The highest BCUT2D eigenvalue weighted by Gasteiger charge is 2.31. The highest BCUT2D eigenvalue weighted by molar-refractivity contribution is 4.85. The summed E-state index contributed by atoms with van der Waals surface area (Å²) >= 11 is 0. The van der Waals surface area contributed by atoms with Crippen LogP contribution in [0.3, 0.4) is 0 Å². The molecule has 0 radical (unpaired) electrons. The molecule has 0 amide bonds. The van der Waals surface area contributed by atoms with Crippen molar-refractivity contribution >= 4 is 0 Å². The van der Waals surface area contributed by atoms with E-state index in [1.54, 1.807) is 0 Å². The second kappa shape index (κ2) is 2.51. The molecule has 2 heterocycles. The highest BCUT2D eigenvalue weighted by atomic mass is 16.3. The molecule has 1 unspecified atom stereocenters. The minimum Gasteiger partial charge on any atom is -0.393 e. The first-order valence-corrected chi connectivity index (χ1v) is 4.25. The lowest BCUT2D eigenvalue weighted by Gasteiger charge is -2.27. The SMILES string of the molecule is OC1C[C@@H]2CC[C@H]1CNC2. The number of hydrogen-bond acceptors (Lipinski definition) is 2. The summed E-state index contributed by atoms with van der Waals surface area (Å²) in [6, 6.07) is 0. The van der Waals surface area contributed by atoms with Crippen LogP contribution in [0.2, 0.25) is 0 Å². The number of aliphatic hydroxyl groups is 1. The van der Waals surface area contributed by atoms with Crippen molar-refractivity contribution in [2.24, 2.45) is 11.8 Å². The average molecular weight is 141 g/mol. The molecule has 3 rings (SSSR count). The number of hydrogen-bond donors (Lipinski definition) is 2.